The molecule has 2 unspecified atom stereocenters. The number of carbonyl (C=O) groups excluding carboxylic acids is 2. The van der Waals surface area contributed by atoms with E-state index in [2.05, 4.69) is 6.58 Å². The molecule has 3 N–H and O–H groups in total. The topological polar surface area (TPSA) is 94.8 Å². The maximum absolute atomic E-state index is 11.1. The van der Waals surface area contributed by atoms with Crippen molar-refractivity contribution in [1.82, 2.24) is 0 Å². The van der Waals surface area contributed by atoms with Crippen LogP contribution in [-0.2, 0) is 9.59 Å². The highest BCUT2D eigenvalue weighted by atomic mass is 16.4. The lowest BCUT2D eigenvalue weighted by Crippen LogP contribution is -2.55. The van der Waals surface area contributed by atoms with Crippen molar-refractivity contribution in [2.24, 2.45) is 0 Å². The third kappa shape index (κ3) is 1.41. The molecule has 0 spiro atoms. The zero-order valence-corrected chi connectivity index (χ0v) is 6.67. The van der Waals surface area contributed by atoms with E-state index in [4.69, 9.17) is 15.3 Å². The van der Waals surface area contributed by atoms with Crippen molar-refractivity contribution < 1.29 is 24.9 Å². The third-order valence-electron chi connectivity index (χ3n) is 1.92. The van der Waals surface area contributed by atoms with Gasteiger partial charge >= 0.3 is 0 Å². The summed E-state index contributed by atoms with van der Waals surface area (Å²) in [5.41, 5.74) is 0. The molecule has 1 fully saturated rings. The Morgan fingerprint density at radius 3 is 1.77 bits per heavy atom. The number of hydrogen-bond donors (Lipinski definition) is 3. The predicted molar refractivity (Wildman–Crippen MR) is 41.5 cm³/mol. The fourth-order valence-corrected chi connectivity index (χ4v) is 1.12. The summed E-state index contributed by atoms with van der Waals surface area (Å²) in [5.74, 6) is -2.18. The molecular formula is C8H9O5. The largest absolute Gasteiger partial charge is 0.387 e. The number of aliphatic hydroxyl groups excluding tert-OH is 3. The molecule has 0 heterocycles. The van der Waals surface area contributed by atoms with Crippen LogP contribution in [0.3, 0.4) is 0 Å². The molecule has 1 rings (SSSR count). The molecule has 1 aliphatic carbocycles. The molecule has 13 heavy (non-hydrogen) atoms. The second kappa shape index (κ2) is 3.37. The van der Waals surface area contributed by atoms with Gasteiger partial charge in [-0.15, -0.1) is 6.58 Å². The first-order valence-corrected chi connectivity index (χ1v) is 3.62. The Hall–Kier alpha value is -1.04. The normalized spacial score (nSPS) is 36.4. The SMILES string of the molecule is C=C[C]1C(=O)C(O)C(O)C(O)C1=O. The zero-order valence-electron chi connectivity index (χ0n) is 6.67. The van der Waals surface area contributed by atoms with Gasteiger partial charge < -0.3 is 15.3 Å². The number of allylic oxidation sites excluding steroid dienone is 1. The Morgan fingerprint density at radius 2 is 1.46 bits per heavy atom. The van der Waals surface area contributed by atoms with Crippen molar-refractivity contribution in [3.8, 4) is 0 Å². The maximum atomic E-state index is 11.1. The van der Waals surface area contributed by atoms with Crippen molar-refractivity contribution in [2.45, 2.75) is 18.3 Å². The third-order valence-corrected chi connectivity index (χ3v) is 1.92. The van der Waals surface area contributed by atoms with E-state index in [-0.39, 0.29) is 5.92 Å². The van der Waals surface area contributed by atoms with E-state index in [1.807, 2.05) is 0 Å². The molecule has 0 bridgehead atoms. The fraction of sp³-hybridized carbons (Fsp3) is 0.375. The number of carbonyl (C=O) groups is 2. The molecule has 1 aliphatic rings. The van der Waals surface area contributed by atoms with Crippen LogP contribution in [0.5, 0.6) is 0 Å². The number of rotatable bonds is 1. The van der Waals surface area contributed by atoms with E-state index in [0.29, 0.717) is 0 Å². The highest BCUT2D eigenvalue weighted by Crippen LogP contribution is 2.21. The van der Waals surface area contributed by atoms with Gasteiger partial charge in [-0.2, -0.15) is 0 Å². The Kier molecular flexibility index (Phi) is 2.60. The minimum atomic E-state index is -1.75. The molecule has 5 heteroatoms. The number of hydrogen-bond acceptors (Lipinski definition) is 5. The van der Waals surface area contributed by atoms with Crippen molar-refractivity contribution in [3.63, 3.8) is 0 Å². The fourth-order valence-electron chi connectivity index (χ4n) is 1.12. The highest BCUT2D eigenvalue weighted by Gasteiger charge is 2.47. The molecule has 0 aromatic heterocycles. The van der Waals surface area contributed by atoms with Crippen LogP contribution in [0.2, 0.25) is 0 Å². The molecular weight excluding hydrogens is 176 g/mol. The second-order valence-corrected chi connectivity index (χ2v) is 2.73. The van der Waals surface area contributed by atoms with Crippen LogP contribution < -0.4 is 0 Å². The summed E-state index contributed by atoms with van der Waals surface area (Å²) in [4.78, 5) is 22.1. The molecule has 1 saturated carbocycles. The minimum absolute atomic E-state index is 0.370. The predicted octanol–water partition coefficient (Wildman–Crippen LogP) is -2.02. The van der Waals surface area contributed by atoms with E-state index in [9.17, 15) is 9.59 Å². The lowest BCUT2D eigenvalue weighted by Gasteiger charge is -2.29. The van der Waals surface area contributed by atoms with Crippen LogP contribution in [-0.4, -0.2) is 45.2 Å². The average Bonchev–Trinajstić information content (AvgIpc) is 2.13. The molecule has 71 valence electrons. The summed E-state index contributed by atoms with van der Waals surface area (Å²) in [6.07, 6.45) is -4.28. The summed E-state index contributed by atoms with van der Waals surface area (Å²) >= 11 is 0. The van der Waals surface area contributed by atoms with Crippen LogP contribution in [0.1, 0.15) is 0 Å². The van der Waals surface area contributed by atoms with Gasteiger partial charge in [-0.1, -0.05) is 6.08 Å². The standard InChI is InChI=1S/C8H9O5/c1-2-3-4(9)6(11)8(13)7(12)5(3)10/h2,6-8,11-13H,1H2. The first-order chi connectivity index (χ1) is 6.00. The van der Waals surface area contributed by atoms with Gasteiger partial charge in [0.1, 0.15) is 24.2 Å². The van der Waals surface area contributed by atoms with Crippen LogP contribution in [0.15, 0.2) is 12.7 Å². The first-order valence-electron chi connectivity index (χ1n) is 3.62. The second-order valence-electron chi connectivity index (χ2n) is 2.73. The number of ketones is 2. The Morgan fingerprint density at radius 1 is 1.08 bits per heavy atom. The van der Waals surface area contributed by atoms with Gasteiger partial charge in [0, 0.05) is 0 Å². The van der Waals surface area contributed by atoms with Crippen LogP contribution in [0.25, 0.3) is 0 Å². The molecule has 2 atom stereocenters. The van der Waals surface area contributed by atoms with Gasteiger partial charge in [-0.05, 0) is 0 Å². The molecule has 0 aromatic carbocycles. The van der Waals surface area contributed by atoms with Crippen molar-refractivity contribution in [2.75, 3.05) is 0 Å². The summed E-state index contributed by atoms with van der Waals surface area (Å²) in [5, 5.41) is 27.1. The smallest absolute Gasteiger partial charge is 0.183 e. The first kappa shape index (κ1) is 10.0. The van der Waals surface area contributed by atoms with Crippen molar-refractivity contribution >= 4 is 11.6 Å². The zero-order chi connectivity index (χ0) is 10.2. The molecule has 1 radical (unpaired) electrons. The van der Waals surface area contributed by atoms with E-state index in [1.165, 1.54) is 0 Å². The molecule has 0 aliphatic heterocycles. The highest BCUT2D eigenvalue weighted by molar-refractivity contribution is 6.23. The van der Waals surface area contributed by atoms with Gasteiger partial charge in [-0.25, -0.2) is 0 Å². The number of Topliss-reactive ketones (excluding diaryl/α,β-unsaturated/α-hetero) is 2. The number of aliphatic hydroxyl groups is 3. The van der Waals surface area contributed by atoms with E-state index in [1.54, 1.807) is 0 Å². The van der Waals surface area contributed by atoms with E-state index < -0.39 is 29.9 Å². The van der Waals surface area contributed by atoms with E-state index >= 15 is 0 Å². The van der Waals surface area contributed by atoms with Gasteiger partial charge in [0.15, 0.2) is 11.6 Å². The van der Waals surface area contributed by atoms with Crippen LogP contribution >= 0.6 is 0 Å². The van der Waals surface area contributed by atoms with Crippen molar-refractivity contribution in [3.05, 3.63) is 18.6 Å². The molecule has 0 amide bonds. The summed E-state index contributed by atoms with van der Waals surface area (Å²) in [7, 11) is 0. The summed E-state index contributed by atoms with van der Waals surface area (Å²) in [6.45, 7) is 3.20. The lowest BCUT2D eigenvalue weighted by molar-refractivity contribution is -0.153. The van der Waals surface area contributed by atoms with Crippen molar-refractivity contribution in [1.29, 1.82) is 0 Å². The Bertz CT molecular complexity index is 237. The summed E-state index contributed by atoms with van der Waals surface area (Å²) < 4.78 is 0. The van der Waals surface area contributed by atoms with Gasteiger partial charge in [0.05, 0.1) is 0 Å². The Balaban J connectivity index is 2.98. The van der Waals surface area contributed by atoms with Gasteiger partial charge in [0.2, 0.25) is 0 Å². The monoisotopic (exact) mass is 185 g/mol. The molecule has 0 saturated heterocycles. The Labute approximate surface area is 74.3 Å². The van der Waals surface area contributed by atoms with Gasteiger partial charge in [-0.3, -0.25) is 9.59 Å². The molecule has 5 nitrogen and oxygen atoms in total. The van der Waals surface area contributed by atoms with Crippen LogP contribution in [0.4, 0.5) is 0 Å². The van der Waals surface area contributed by atoms with Crippen LogP contribution in [0, 0.1) is 5.92 Å². The quantitative estimate of drug-likeness (QED) is 0.438. The van der Waals surface area contributed by atoms with E-state index in [0.717, 1.165) is 6.08 Å². The summed E-state index contributed by atoms with van der Waals surface area (Å²) in [6, 6.07) is 0. The molecule has 0 aromatic rings. The lowest BCUT2D eigenvalue weighted by atomic mass is 9.81. The maximum Gasteiger partial charge on any atom is 0.183 e. The van der Waals surface area contributed by atoms with Gasteiger partial charge in [0.25, 0.3) is 0 Å². The average molecular weight is 185 g/mol. The minimum Gasteiger partial charge on any atom is -0.387 e.